The van der Waals surface area contributed by atoms with Crippen molar-refractivity contribution >= 4 is 5.91 Å². The van der Waals surface area contributed by atoms with Crippen molar-refractivity contribution in [2.24, 2.45) is 0 Å². The Balaban J connectivity index is 1.76. The highest BCUT2D eigenvalue weighted by Gasteiger charge is 2.20. The molecule has 0 bridgehead atoms. The number of carbonyl (C=O) groups excluding carboxylic acids is 1. The normalized spacial score (nSPS) is 12.1. The van der Waals surface area contributed by atoms with Gasteiger partial charge in [0, 0.05) is 6.54 Å². The molecule has 0 fully saturated rings. The SMILES string of the molecule is CC[C@H](NC(=O)c1cn(-c2ccccc2)nn1)c1ncnn1CC. The standard InChI is InChI=1S/C16H19N7O/c1-3-13(15-17-11-18-22(15)4-2)19-16(24)14-10-23(21-20-14)12-8-6-5-7-9-12/h5-11,13H,3-4H2,1-2H3,(H,19,24)/t13-/m0/s1. The van der Waals surface area contributed by atoms with Crippen molar-refractivity contribution in [3.05, 3.63) is 54.4 Å². The summed E-state index contributed by atoms with van der Waals surface area (Å²) in [5, 5.41) is 15.1. The van der Waals surface area contributed by atoms with Crippen LogP contribution < -0.4 is 5.32 Å². The molecule has 2 aromatic heterocycles. The van der Waals surface area contributed by atoms with Crippen molar-refractivity contribution in [3.63, 3.8) is 0 Å². The summed E-state index contributed by atoms with van der Waals surface area (Å²) in [7, 11) is 0. The minimum atomic E-state index is -0.283. The van der Waals surface area contributed by atoms with E-state index in [9.17, 15) is 4.79 Å². The van der Waals surface area contributed by atoms with E-state index in [0.717, 1.165) is 11.5 Å². The maximum Gasteiger partial charge on any atom is 0.274 e. The molecule has 0 saturated carbocycles. The maximum absolute atomic E-state index is 12.5. The molecule has 3 rings (SSSR count). The van der Waals surface area contributed by atoms with Gasteiger partial charge in [0.05, 0.1) is 17.9 Å². The molecule has 0 saturated heterocycles. The Morgan fingerprint density at radius 3 is 2.75 bits per heavy atom. The Bertz CT molecular complexity index is 809. The number of hydrogen-bond acceptors (Lipinski definition) is 5. The van der Waals surface area contributed by atoms with Gasteiger partial charge in [0.25, 0.3) is 5.91 Å². The molecule has 8 heteroatoms. The maximum atomic E-state index is 12.5. The summed E-state index contributed by atoms with van der Waals surface area (Å²) in [4.78, 5) is 16.7. The minimum Gasteiger partial charge on any atom is -0.341 e. The van der Waals surface area contributed by atoms with Gasteiger partial charge < -0.3 is 5.32 Å². The van der Waals surface area contributed by atoms with Crippen molar-refractivity contribution < 1.29 is 4.79 Å². The van der Waals surface area contributed by atoms with Gasteiger partial charge in [0.1, 0.15) is 12.2 Å². The molecule has 0 radical (unpaired) electrons. The number of nitrogens with one attached hydrogen (secondary N) is 1. The molecule has 2 heterocycles. The van der Waals surface area contributed by atoms with Crippen molar-refractivity contribution in [1.29, 1.82) is 0 Å². The van der Waals surface area contributed by atoms with Gasteiger partial charge in [0.15, 0.2) is 5.69 Å². The summed E-state index contributed by atoms with van der Waals surface area (Å²) in [5.74, 6) is 0.457. The number of benzene rings is 1. The number of para-hydroxylation sites is 1. The molecule has 8 nitrogen and oxygen atoms in total. The first kappa shape index (κ1) is 15.9. The van der Waals surface area contributed by atoms with E-state index in [-0.39, 0.29) is 17.6 Å². The highest BCUT2D eigenvalue weighted by molar-refractivity contribution is 5.92. The lowest BCUT2D eigenvalue weighted by Crippen LogP contribution is -2.30. The van der Waals surface area contributed by atoms with Gasteiger partial charge in [0.2, 0.25) is 0 Å². The fraction of sp³-hybridized carbons (Fsp3) is 0.312. The molecule has 0 aliphatic heterocycles. The van der Waals surface area contributed by atoms with Crippen LogP contribution in [0, 0.1) is 0 Å². The molecular weight excluding hydrogens is 306 g/mol. The Labute approximate surface area is 139 Å². The first-order valence-corrected chi connectivity index (χ1v) is 7.89. The Morgan fingerprint density at radius 2 is 2.04 bits per heavy atom. The van der Waals surface area contributed by atoms with E-state index in [0.29, 0.717) is 13.0 Å². The molecule has 124 valence electrons. The number of amides is 1. The van der Waals surface area contributed by atoms with Crippen LogP contribution in [0.4, 0.5) is 0 Å². The summed E-state index contributed by atoms with van der Waals surface area (Å²) in [6, 6.07) is 9.30. The van der Waals surface area contributed by atoms with Crippen LogP contribution in [-0.4, -0.2) is 35.7 Å². The van der Waals surface area contributed by atoms with Crippen LogP contribution in [0.25, 0.3) is 5.69 Å². The lowest BCUT2D eigenvalue weighted by atomic mass is 10.2. The topological polar surface area (TPSA) is 90.5 Å². The van der Waals surface area contributed by atoms with Crippen LogP contribution in [0.2, 0.25) is 0 Å². The fourth-order valence-electron chi connectivity index (χ4n) is 2.44. The summed E-state index contributed by atoms with van der Waals surface area (Å²) in [5.41, 5.74) is 1.11. The quantitative estimate of drug-likeness (QED) is 0.746. The van der Waals surface area contributed by atoms with Crippen LogP contribution in [0.5, 0.6) is 0 Å². The molecule has 1 atom stereocenters. The molecule has 24 heavy (non-hydrogen) atoms. The predicted octanol–water partition coefficient (Wildman–Crippen LogP) is 1.76. The zero-order valence-corrected chi connectivity index (χ0v) is 13.6. The molecule has 0 aliphatic carbocycles. The Hall–Kier alpha value is -3.03. The second-order valence-corrected chi connectivity index (χ2v) is 5.25. The van der Waals surface area contributed by atoms with Gasteiger partial charge in [-0.1, -0.05) is 30.3 Å². The number of nitrogens with zero attached hydrogens (tertiary/aromatic N) is 6. The molecular formula is C16H19N7O. The van der Waals surface area contributed by atoms with Gasteiger partial charge in [-0.3, -0.25) is 4.79 Å². The zero-order valence-electron chi connectivity index (χ0n) is 13.6. The molecule has 0 spiro atoms. The number of aryl methyl sites for hydroxylation is 1. The fourth-order valence-corrected chi connectivity index (χ4v) is 2.44. The molecule has 0 unspecified atom stereocenters. The monoisotopic (exact) mass is 325 g/mol. The number of hydrogen-bond donors (Lipinski definition) is 1. The van der Waals surface area contributed by atoms with E-state index in [1.165, 1.54) is 6.33 Å². The lowest BCUT2D eigenvalue weighted by molar-refractivity contribution is 0.0927. The molecule has 1 amide bonds. The van der Waals surface area contributed by atoms with Crippen molar-refractivity contribution in [2.75, 3.05) is 0 Å². The van der Waals surface area contributed by atoms with Gasteiger partial charge >= 0.3 is 0 Å². The lowest BCUT2D eigenvalue weighted by Gasteiger charge is -2.15. The smallest absolute Gasteiger partial charge is 0.274 e. The molecule has 3 aromatic rings. The zero-order chi connectivity index (χ0) is 16.9. The second-order valence-electron chi connectivity index (χ2n) is 5.25. The van der Waals surface area contributed by atoms with Crippen LogP contribution in [0.1, 0.15) is 42.6 Å². The summed E-state index contributed by atoms with van der Waals surface area (Å²) >= 11 is 0. The third-order valence-electron chi connectivity index (χ3n) is 3.72. The highest BCUT2D eigenvalue weighted by Crippen LogP contribution is 2.14. The van der Waals surface area contributed by atoms with Gasteiger partial charge in [-0.05, 0) is 25.5 Å². The van der Waals surface area contributed by atoms with Crippen LogP contribution in [0.15, 0.2) is 42.9 Å². The van der Waals surface area contributed by atoms with E-state index < -0.39 is 0 Å². The van der Waals surface area contributed by atoms with Crippen LogP contribution in [0.3, 0.4) is 0 Å². The van der Waals surface area contributed by atoms with E-state index in [1.54, 1.807) is 15.6 Å². The van der Waals surface area contributed by atoms with E-state index in [4.69, 9.17) is 0 Å². The van der Waals surface area contributed by atoms with Gasteiger partial charge in [-0.2, -0.15) is 5.10 Å². The third kappa shape index (κ3) is 3.17. The number of rotatable bonds is 6. The van der Waals surface area contributed by atoms with E-state index in [1.807, 2.05) is 44.2 Å². The highest BCUT2D eigenvalue weighted by atomic mass is 16.2. The average molecular weight is 325 g/mol. The largest absolute Gasteiger partial charge is 0.341 e. The first-order chi connectivity index (χ1) is 11.7. The Morgan fingerprint density at radius 1 is 1.25 bits per heavy atom. The Kier molecular flexibility index (Phi) is 4.64. The second kappa shape index (κ2) is 7.03. The molecule has 1 N–H and O–H groups in total. The van der Waals surface area contributed by atoms with Crippen LogP contribution in [-0.2, 0) is 6.54 Å². The number of aromatic nitrogens is 6. The van der Waals surface area contributed by atoms with Crippen molar-refractivity contribution in [3.8, 4) is 5.69 Å². The van der Waals surface area contributed by atoms with E-state index >= 15 is 0 Å². The molecule has 1 aromatic carbocycles. The van der Waals surface area contributed by atoms with Gasteiger partial charge in [-0.25, -0.2) is 14.3 Å². The minimum absolute atomic E-state index is 0.221. The first-order valence-electron chi connectivity index (χ1n) is 7.89. The van der Waals surface area contributed by atoms with Crippen LogP contribution >= 0.6 is 0 Å². The summed E-state index contributed by atoms with van der Waals surface area (Å²) in [6.07, 6.45) is 3.82. The average Bonchev–Trinajstić information content (AvgIpc) is 3.29. The van der Waals surface area contributed by atoms with Crippen molar-refractivity contribution in [1.82, 2.24) is 35.1 Å². The third-order valence-corrected chi connectivity index (χ3v) is 3.72. The number of carbonyl (C=O) groups is 1. The van der Waals surface area contributed by atoms with E-state index in [2.05, 4.69) is 25.7 Å². The molecule has 0 aliphatic rings. The summed E-state index contributed by atoms with van der Waals surface area (Å²) < 4.78 is 3.35. The van der Waals surface area contributed by atoms with Gasteiger partial charge in [-0.15, -0.1) is 5.10 Å². The summed E-state index contributed by atoms with van der Waals surface area (Å²) in [6.45, 7) is 4.67. The van der Waals surface area contributed by atoms with Crippen molar-refractivity contribution in [2.45, 2.75) is 32.9 Å². The predicted molar refractivity (Wildman–Crippen MR) is 87.6 cm³/mol.